The van der Waals surface area contributed by atoms with E-state index in [1.165, 1.54) is 25.7 Å². The fourth-order valence-electron chi connectivity index (χ4n) is 4.16. The number of rotatable bonds is 3. The van der Waals surface area contributed by atoms with Crippen LogP contribution >= 0.6 is 0 Å². The molecule has 1 saturated heterocycles. The van der Waals surface area contributed by atoms with Crippen LogP contribution in [0.3, 0.4) is 0 Å². The Morgan fingerprint density at radius 2 is 1.80 bits per heavy atom. The van der Waals surface area contributed by atoms with E-state index in [2.05, 4.69) is 10.2 Å². The van der Waals surface area contributed by atoms with E-state index in [-0.39, 0.29) is 17.5 Å². The Balaban J connectivity index is 1.41. The predicted molar refractivity (Wildman–Crippen MR) is 96.8 cm³/mol. The molecule has 4 rings (SSSR count). The van der Waals surface area contributed by atoms with E-state index in [0.29, 0.717) is 5.58 Å². The third-order valence-corrected chi connectivity index (χ3v) is 5.59. The van der Waals surface area contributed by atoms with E-state index in [9.17, 15) is 9.59 Å². The summed E-state index contributed by atoms with van der Waals surface area (Å²) in [5.74, 6) is -0.321. The zero-order chi connectivity index (χ0) is 17.2. The van der Waals surface area contributed by atoms with Gasteiger partial charge in [-0.2, -0.15) is 0 Å². The molecule has 1 aromatic heterocycles. The number of hydrogen-bond acceptors (Lipinski definition) is 4. The predicted octanol–water partition coefficient (Wildman–Crippen LogP) is 2.93. The standard InChI is InChI=1S/C20H24N2O3/c23-19(17-13-14-5-1-4-8-18(14)25-20(17)24)21-15-9-11-22(12-10-15)16-6-2-3-7-16/h1,4-5,8,13,15-16H,2-3,6-7,9-12H2,(H,21,23). The van der Waals surface area contributed by atoms with Gasteiger partial charge in [0.25, 0.3) is 5.91 Å². The Bertz CT molecular complexity index is 815. The Morgan fingerprint density at radius 1 is 1.08 bits per heavy atom. The number of nitrogens with one attached hydrogen (secondary N) is 1. The molecular weight excluding hydrogens is 316 g/mol. The molecule has 0 atom stereocenters. The minimum Gasteiger partial charge on any atom is -0.422 e. The first-order valence-electron chi connectivity index (χ1n) is 9.28. The lowest BCUT2D eigenvalue weighted by atomic mass is 10.0. The Kier molecular flexibility index (Phi) is 4.57. The summed E-state index contributed by atoms with van der Waals surface area (Å²) in [6, 6.07) is 9.75. The number of amides is 1. The second-order valence-electron chi connectivity index (χ2n) is 7.21. The van der Waals surface area contributed by atoms with Gasteiger partial charge in [-0.05, 0) is 37.8 Å². The van der Waals surface area contributed by atoms with Crippen LogP contribution in [0.2, 0.25) is 0 Å². The van der Waals surface area contributed by atoms with Crippen LogP contribution in [-0.4, -0.2) is 36.0 Å². The van der Waals surface area contributed by atoms with Crippen molar-refractivity contribution in [3.05, 3.63) is 46.3 Å². The minimum atomic E-state index is -0.570. The van der Waals surface area contributed by atoms with Crippen LogP contribution in [0.15, 0.2) is 39.5 Å². The molecule has 1 aliphatic heterocycles. The monoisotopic (exact) mass is 340 g/mol. The molecule has 5 nitrogen and oxygen atoms in total. The molecule has 2 aliphatic rings. The highest BCUT2D eigenvalue weighted by Gasteiger charge is 2.28. The molecule has 1 aliphatic carbocycles. The van der Waals surface area contributed by atoms with Gasteiger partial charge in [0.05, 0.1) is 0 Å². The molecule has 1 saturated carbocycles. The summed E-state index contributed by atoms with van der Waals surface area (Å²) in [6.07, 6.45) is 7.21. The molecule has 0 unspecified atom stereocenters. The van der Waals surface area contributed by atoms with Gasteiger partial charge in [0, 0.05) is 30.6 Å². The highest BCUT2D eigenvalue weighted by atomic mass is 16.4. The van der Waals surface area contributed by atoms with Gasteiger partial charge < -0.3 is 14.6 Å². The van der Waals surface area contributed by atoms with E-state index < -0.39 is 5.63 Å². The summed E-state index contributed by atoms with van der Waals surface area (Å²) < 4.78 is 5.26. The van der Waals surface area contributed by atoms with Gasteiger partial charge in [-0.3, -0.25) is 4.79 Å². The number of hydrogen-bond donors (Lipinski definition) is 1. The molecule has 0 spiro atoms. The van der Waals surface area contributed by atoms with Crippen molar-refractivity contribution in [2.24, 2.45) is 0 Å². The summed E-state index contributed by atoms with van der Waals surface area (Å²) in [4.78, 5) is 27.2. The van der Waals surface area contributed by atoms with Gasteiger partial charge in [0.15, 0.2) is 0 Å². The van der Waals surface area contributed by atoms with Gasteiger partial charge in [-0.15, -0.1) is 0 Å². The Morgan fingerprint density at radius 3 is 2.56 bits per heavy atom. The summed E-state index contributed by atoms with van der Waals surface area (Å²) >= 11 is 0. The van der Waals surface area contributed by atoms with E-state index in [0.717, 1.165) is 37.4 Å². The van der Waals surface area contributed by atoms with E-state index >= 15 is 0 Å². The van der Waals surface area contributed by atoms with Crippen molar-refractivity contribution in [2.75, 3.05) is 13.1 Å². The fraction of sp³-hybridized carbons (Fsp3) is 0.500. The Labute approximate surface area is 147 Å². The van der Waals surface area contributed by atoms with Gasteiger partial charge in [-0.25, -0.2) is 4.79 Å². The number of carbonyl (C=O) groups is 1. The fourth-order valence-corrected chi connectivity index (χ4v) is 4.16. The largest absolute Gasteiger partial charge is 0.422 e. The number of benzene rings is 1. The summed E-state index contributed by atoms with van der Waals surface area (Å²) in [6.45, 7) is 2.06. The van der Waals surface area contributed by atoms with Gasteiger partial charge in [-0.1, -0.05) is 31.0 Å². The molecule has 1 amide bonds. The molecule has 132 valence electrons. The molecule has 0 bridgehead atoms. The average molecular weight is 340 g/mol. The van der Waals surface area contributed by atoms with E-state index in [4.69, 9.17) is 4.42 Å². The van der Waals surface area contributed by atoms with Crippen molar-refractivity contribution in [2.45, 2.75) is 50.6 Å². The number of piperidine rings is 1. The van der Waals surface area contributed by atoms with Crippen LogP contribution < -0.4 is 10.9 Å². The molecule has 2 fully saturated rings. The topological polar surface area (TPSA) is 62.6 Å². The van der Waals surface area contributed by atoms with Crippen LogP contribution in [0.1, 0.15) is 48.9 Å². The van der Waals surface area contributed by atoms with Crippen molar-refractivity contribution in [1.82, 2.24) is 10.2 Å². The average Bonchev–Trinajstić information content (AvgIpc) is 3.16. The number of para-hydroxylation sites is 1. The first kappa shape index (κ1) is 16.3. The maximum absolute atomic E-state index is 12.5. The van der Waals surface area contributed by atoms with Crippen LogP contribution in [0.5, 0.6) is 0 Å². The zero-order valence-electron chi connectivity index (χ0n) is 14.4. The van der Waals surface area contributed by atoms with Crippen LogP contribution in [-0.2, 0) is 0 Å². The number of likely N-dealkylation sites (tertiary alicyclic amines) is 1. The summed E-state index contributed by atoms with van der Waals surface area (Å²) in [5, 5.41) is 3.79. The second kappa shape index (κ2) is 7.00. The molecule has 1 N–H and O–H groups in total. The maximum atomic E-state index is 12.5. The number of carbonyl (C=O) groups excluding carboxylic acids is 1. The normalized spacial score (nSPS) is 20.2. The van der Waals surface area contributed by atoms with Crippen molar-refractivity contribution in [3.63, 3.8) is 0 Å². The Hall–Kier alpha value is -2.14. The first-order valence-corrected chi connectivity index (χ1v) is 9.28. The quantitative estimate of drug-likeness (QED) is 0.873. The van der Waals surface area contributed by atoms with Gasteiger partial charge in [0.1, 0.15) is 11.1 Å². The molecular formula is C20H24N2O3. The van der Waals surface area contributed by atoms with Crippen LogP contribution in [0, 0.1) is 0 Å². The molecule has 2 aromatic rings. The molecule has 5 heteroatoms. The SMILES string of the molecule is O=C(NC1CCN(C2CCCC2)CC1)c1cc2ccccc2oc1=O. The smallest absolute Gasteiger partial charge is 0.349 e. The molecule has 2 heterocycles. The van der Waals surface area contributed by atoms with Crippen LogP contribution in [0.25, 0.3) is 11.0 Å². The molecule has 25 heavy (non-hydrogen) atoms. The third-order valence-electron chi connectivity index (χ3n) is 5.59. The van der Waals surface area contributed by atoms with Crippen LogP contribution in [0.4, 0.5) is 0 Å². The third kappa shape index (κ3) is 3.47. The van der Waals surface area contributed by atoms with E-state index in [1.54, 1.807) is 12.1 Å². The summed E-state index contributed by atoms with van der Waals surface area (Å²) in [5.41, 5.74) is 0.0328. The lowest BCUT2D eigenvalue weighted by molar-refractivity contribution is 0.0889. The van der Waals surface area contributed by atoms with Crippen molar-refractivity contribution in [3.8, 4) is 0 Å². The lowest BCUT2D eigenvalue weighted by Crippen LogP contribution is -2.47. The van der Waals surface area contributed by atoms with Crippen molar-refractivity contribution in [1.29, 1.82) is 0 Å². The zero-order valence-corrected chi connectivity index (χ0v) is 14.4. The second-order valence-corrected chi connectivity index (χ2v) is 7.21. The summed E-state index contributed by atoms with van der Waals surface area (Å²) in [7, 11) is 0. The lowest BCUT2D eigenvalue weighted by Gasteiger charge is -2.36. The highest BCUT2D eigenvalue weighted by Crippen LogP contribution is 2.26. The van der Waals surface area contributed by atoms with Gasteiger partial charge >= 0.3 is 5.63 Å². The van der Waals surface area contributed by atoms with Crippen molar-refractivity contribution < 1.29 is 9.21 Å². The van der Waals surface area contributed by atoms with Crippen molar-refractivity contribution >= 4 is 16.9 Å². The van der Waals surface area contributed by atoms with E-state index in [1.807, 2.05) is 18.2 Å². The first-order chi connectivity index (χ1) is 12.2. The number of fused-ring (bicyclic) bond motifs is 1. The maximum Gasteiger partial charge on any atom is 0.349 e. The molecule has 0 radical (unpaired) electrons. The highest BCUT2D eigenvalue weighted by molar-refractivity contribution is 5.96. The minimum absolute atomic E-state index is 0.0944. The number of nitrogens with zero attached hydrogens (tertiary/aromatic N) is 1. The molecule has 1 aromatic carbocycles. The van der Waals surface area contributed by atoms with Gasteiger partial charge in [0.2, 0.25) is 0 Å².